The second kappa shape index (κ2) is 8.61. The SMILES string of the molecule is CCN1CCN(c2ccnc(C(=O)Nc3ccc(N4CCCC4)cc3)c2)CC1. The van der Waals surface area contributed by atoms with E-state index in [9.17, 15) is 4.79 Å². The first-order valence-electron chi connectivity index (χ1n) is 10.3. The second-order valence-corrected chi connectivity index (χ2v) is 7.52. The predicted molar refractivity (Wildman–Crippen MR) is 114 cm³/mol. The fraction of sp³-hybridized carbons (Fsp3) is 0.455. The lowest BCUT2D eigenvalue weighted by molar-refractivity contribution is 0.102. The summed E-state index contributed by atoms with van der Waals surface area (Å²) in [7, 11) is 0. The van der Waals surface area contributed by atoms with Crippen molar-refractivity contribution in [2.24, 2.45) is 0 Å². The summed E-state index contributed by atoms with van der Waals surface area (Å²) < 4.78 is 0. The average molecular weight is 380 g/mol. The first kappa shape index (κ1) is 18.7. The Balaban J connectivity index is 1.39. The molecule has 2 aromatic rings. The van der Waals surface area contributed by atoms with Crippen LogP contribution in [0.5, 0.6) is 0 Å². The van der Waals surface area contributed by atoms with Crippen molar-refractivity contribution >= 4 is 23.0 Å². The van der Waals surface area contributed by atoms with Crippen LogP contribution in [-0.2, 0) is 0 Å². The summed E-state index contributed by atoms with van der Waals surface area (Å²) >= 11 is 0. The molecule has 0 aliphatic carbocycles. The molecule has 148 valence electrons. The molecule has 3 heterocycles. The van der Waals surface area contributed by atoms with Crippen molar-refractivity contribution in [3.05, 3.63) is 48.3 Å². The van der Waals surface area contributed by atoms with E-state index in [1.54, 1.807) is 6.20 Å². The second-order valence-electron chi connectivity index (χ2n) is 7.52. The van der Waals surface area contributed by atoms with Gasteiger partial charge in [-0.15, -0.1) is 0 Å². The van der Waals surface area contributed by atoms with Crippen molar-refractivity contribution in [2.45, 2.75) is 19.8 Å². The van der Waals surface area contributed by atoms with Crippen LogP contribution in [0.15, 0.2) is 42.6 Å². The van der Waals surface area contributed by atoms with E-state index in [1.165, 1.54) is 18.5 Å². The molecule has 6 heteroatoms. The van der Waals surface area contributed by atoms with Crippen LogP contribution in [0.4, 0.5) is 17.1 Å². The van der Waals surface area contributed by atoms with Gasteiger partial charge in [0.25, 0.3) is 5.91 Å². The highest BCUT2D eigenvalue weighted by Gasteiger charge is 2.18. The molecule has 1 amide bonds. The van der Waals surface area contributed by atoms with Gasteiger partial charge in [-0.3, -0.25) is 9.78 Å². The lowest BCUT2D eigenvalue weighted by Gasteiger charge is -2.35. The molecule has 0 atom stereocenters. The molecule has 1 N–H and O–H groups in total. The number of likely N-dealkylation sites (N-methyl/N-ethyl adjacent to an activating group) is 1. The number of carbonyl (C=O) groups excluding carboxylic acids is 1. The van der Waals surface area contributed by atoms with Gasteiger partial charge < -0.3 is 20.0 Å². The lowest BCUT2D eigenvalue weighted by atomic mass is 10.2. The molecule has 4 rings (SSSR count). The van der Waals surface area contributed by atoms with Gasteiger partial charge in [-0.05, 0) is 55.8 Å². The molecule has 2 fully saturated rings. The molecule has 0 unspecified atom stereocenters. The molecule has 1 aromatic heterocycles. The molecular weight excluding hydrogens is 350 g/mol. The molecule has 0 radical (unpaired) electrons. The number of hydrogen-bond acceptors (Lipinski definition) is 5. The van der Waals surface area contributed by atoms with Crippen molar-refractivity contribution in [2.75, 3.05) is 60.9 Å². The van der Waals surface area contributed by atoms with Crippen LogP contribution in [0.2, 0.25) is 0 Å². The van der Waals surface area contributed by atoms with Gasteiger partial charge in [0.2, 0.25) is 0 Å². The molecule has 2 aliphatic heterocycles. The lowest BCUT2D eigenvalue weighted by Crippen LogP contribution is -2.46. The molecule has 2 aliphatic rings. The van der Waals surface area contributed by atoms with Crippen molar-refractivity contribution < 1.29 is 4.79 Å². The zero-order valence-corrected chi connectivity index (χ0v) is 16.6. The number of aromatic nitrogens is 1. The van der Waals surface area contributed by atoms with E-state index < -0.39 is 0 Å². The third-order valence-corrected chi connectivity index (χ3v) is 5.76. The van der Waals surface area contributed by atoms with E-state index in [0.29, 0.717) is 5.69 Å². The quantitative estimate of drug-likeness (QED) is 0.865. The van der Waals surface area contributed by atoms with E-state index in [4.69, 9.17) is 0 Å². The first-order chi connectivity index (χ1) is 13.7. The van der Waals surface area contributed by atoms with Gasteiger partial charge in [-0.1, -0.05) is 6.92 Å². The minimum absolute atomic E-state index is 0.164. The van der Waals surface area contributed by atoms with E-state index in [0.717, 1.165) is 57.2 Å². The summed E-state index contributed by atoms with van der Waals surface area (Å²) in [6.45, 7) is 9.61. The van der Waals surface area contributed by atoms with Crippen LogP contribution in [0, 0.1) is 0 Å². The maximum absolute atomic E-state index is 12.7. The summed E-state index contributed by atoms with van der Waals surface area (Å²) in [5, 5.41) is 2.98. The number of rotatable bonds is 5. The van der Waals surface area contributed by atoms with E-state index >= 15 is 0 Å². The Morgan fingerprint density at radius 1 is 0.929 bits per heavy atom. The van der Waals surface area contributed by atoms with Crippen molar-refractivity contribution in [1.29, 1.82) is 0 Å². The third kappa shape index (κ3) is 4.28. The van der Waals surface area contributed by atoms with Gasteiger partial charge in [-0.25, -0.2) is 0 Å². The number of benzene rings is 1. The summed E-state index contributed by atoms with van der Waals surface area (Å²) in [6.07, 6.45) is 4.24. The van der Waals surface area contributed by atoms with Crippen LogP contribution < -0.4 is 15.1 Å². The number of piperazine rings is 1. The Hall–Kier alpha value is -2.60. The van der Waals surface area contributed by atoms with E-state index in [2.05, 4.69) is 44.1 Å². The fourth-order valence-corrected chi connectivity index (χ4v) is 3.99. The maximum Gasteiger partial charge on any atom is 0.274 e. The van der Waals surface area contributed by atoms with Crippen LogP contribution in [0.1, 0.15) is 30.3 Å². The number of amides is 1. The zero-order valence-electron chi connectivity index (χ0n) is 16.6. The monoisotopic (exact) mass is 379 g/mol. The third-order valence-electron chi connectivity index (χ3n) is 5.76. The standard InChI is InChI=1S/C22H29N5O/c1-2-25-13-15-27(16-14-25)20-9-10-23-21(17-20)22(28)24-18-5-7-19(8-6-18)26-11-3-4-12-26/h5-10,17H,2-4,11-16H2,1H3,(H,24,28). The number of carbonyl (C=O) groups is 1. The number of anilines is 3. The smallest absolute Gasteiger partial charge is 0.274 e. The minimum Gasteiger partial charge on any atom is -0.372 e. The van der Waals surface area contributed by atoms with Crippen LogP contribution in [0.25, 0.3) is 0 Å². The molecule has 28 heavy (non-hydrogen) atoms. The fourth-order valence-electron chi connectivity index (χ4n) is 3.99. The van der Waals surface area contributed by atoms with Crippen LogP contribution in [-0.4, -0.2) is 61.6 Å². The molecule has 0 spiro atoms. The minimum atomic E-state index is -0.164. The maximum atomic E-state index is 12.7. The molecule has 2 saturated heterocycles. The zero-order chi connectivity index (χ0) is 19.3. The molecule has 0 bridgehead atoms. The van der Waals surface area contributed by atoms with Gasteiger partial charge in [0, 0.05) is 62.5 Å². The van der Waals surface area contributed by atoms with Crippen LogP contribution >= 0.6 is 0 Å². The number of nitrogens with one attached hydrogen (secondary N) is 1. The van der Waals surface area contributed by atoms with E-state index in [-0.39, 0.29) is 5.91 Å². The molecule has 6 nitrogen and oxygen atoms in total. The molecular formula is C22H29N5O. The highest BCUT2D eigenvalue weighted by molar-refractivity contribution is 6.03. The summed E-state index contributed by atoms with van der Waals surface area (Å²) in [5.41, 5.74) is 3.55. The molecule has 1 aromatic carbocycles. The van der Waals surface area contributed by atoms with Gasteiger partial charge in [0.15, 0.2) is 0 Å². The number of hydrogen-bond donors (Lipinski definition) is 1. The number of nitrogens with zero attached hydrogens (tertiary/aromatic N) is 4. The normalized spacial score (nSPS) is 17.8. The summed E-state index contributed by atoms with van der Waals surface area (Å²) in [4.78, 5) is 24.1. The van der Waals surface area contributed by atoms with Gasteiger partial charge in [-0.2, -0.15) is 0 Å². The largest absolute Gasteiger partial charge is 0.372 e. The van der Waals surface area contributed by atoms with Crippen molar-refractivity contribution in [3.8, 4) is 0 Å². The Kier molecular flexibility index (Phi) is 5.76. The average Bonchev–Trinajstić information content (AvgIpc) is 3.29. The van der Waals surface area contributed by atoms with Crippen LogP contribution in [0.3, 0.4) is 0 Å². The van der Waals surface area contributed by atoms with Gasteiger partial charge in [0.1, 0.15) is 5.69 Å². The Bertz CT molecular complexity index is 793. The Labute approximate surface area is 167 Å². The summed E-state index contributed by atoms with van der Waals surface area (Å²) in [5.74, 6) is -0.164. The Morgan fingerprint density at radius 2 is 1.61 bits per heavy atom. The van der Waals surface area contributed by atoms with Crippen molar-refractivity contribution in [1.82, 2.24) is 9.88 Å². The molecule has 0 saturated carbocycles. The topological polar surface area (TPSA) is 51.7 Å². The van der Waals surface area contributed by atoms with Gasteiger partial charge in [0.05, 0.1) is 0 Å². The van der Waals surface area contributed by atoms with Crippen molar-refractivity contribution in [3.63, 3.8) is 0 Å². The Morgan fingerprint density at radius 3 is 2.29 bits per heavy atom. The highest BCUT2D eigenvalue weighted by atomic mass is 16.1. The number of pyridine rings is 1. The predicted octanol–water partition coefficient (Wildman–Crippen LogP) is 3.08. The van der Waals surface area contributed by atoms with E-state index in [1.807, 2.05) is 24.3 Å². The van der Waals surface area contributed by atoms with Gasteiger partial charge >= 0.3 is 0 Å². The first-order valence-corrected chi connectivity index (χ1v) is 10.3. The summed E-state index contributed by atoms with van der Waals surface area (Å²) in [6, 6.07) is 12.0. The highest BCUT2D eigenvalue weighted by Crippen LogP contribution is 2.23.